The van der Waals surface area contributed by atoms with Gasteiger partial charge in [-0.25, -0.2) is 0 Å². The van der Waals surface area contributed by atoms with Crippen LogP contribution in [0.4, 0.5) is 0 Å². The monoisotopic (exact) mass is 397 g/mol. The molecule has 0 heterocycles. The minimum atomic E-state index is -0.914. The van der Waals surface area contributed by atoms with Gasteiger partial charge in [0.05, 0.1) is 11.6 Å². The summed E-state index contributed by atoms with van der Waals surface area (Å²) in [4.78, 5) is 10.9. The van der Waals surface area contributed by atoms with E-state index in [0.717, 1.165) is 11.1 Å². The summed E-state index contributed by atoms with van der Waals surface area (Å²) in [6.45, 7) is 4.55. The smallest absolute Gasteiger partial charge is 0.320 e. The normalized spacial score (nSPS) is 11.8. The Kier molecular flexibility index (Phi) is 7.57. The van der Waals surface area contributed by atoms with Gasteiger partial charge in [0, 0.05) is 11.6 Å². The predicted octanol–water partition coefficient (Wildman–Crippen LogP) is 4.53. The van der Waals surface area contributed by atoms with Crippen LogP contribution in [0.25, 0.3) is 0 Å². The van der Waals surface area contributed by atoms with E-state index in [4.69, 9.17) is 37.8 Å². The Morgan fingerprint density at radius 3 is 2.62 bits per heavy atom. The van der Waals surface area contributed by atoms with Gasteiger partial charge in [-0.1, -0.05) is 35.3 Å². The van der Waals surface area contributed by atoms with E-state index in [1.54, 1.807) is 25.1 Å². The van der Waals surface area contributed by atoms with Crippen molar-refractivity contribution in [3.8, 4) is 11.5 Å². The zero-order valence-electron chi connectivity index (χ0n) is 14.6. The van der Waals surface area contributed by atoms with Crippen LogP contribution in [0.1, 0.15) is 25.0 Å². The average Bonchev–Trinajstić information content (AvgIpc) is 2.59. The van der Waals surface area contributed by atoms with Crippen LogP contribution >= 0.6 is 23.2 Å². The quantitative estimate of drug-likeness (QED) is 0.650. The molecule has 0 bridgehead atoms. The van der Waals surface area contributed by atoms with Gasteiger partial charge in [-0.3, -0.25) is 4.79 Å². The largest absolute Gasteiger partial charge is 0.490 e. The van der Waals surface area contributed by atoms with E-state index in [2.05, 4.69) is 5.32 Å². The highest BCUT2D eigenvalue weighted by Gasteiger charge is 2.15. The molecule has 0 fully saturated rings. The van der Waals surface area contributed by atoms with Crippen molar-refractivity contribution in [2.45, 2.75) is 33.0 Å². The van der Waals surface area contributed by atoms with E-state index in [0.29, 0.717) is 41.3 Å². The van der Waals surface area contributed by atoms with Crippen LogP contribution in [-0.2, 0) is 17.9 Å². The molecule has 0 aromatic heterocycles. The molecule has 0 radical (unpaired) electrons. The van der Waals surface area contributed by atoms with Crippen LogP contribution in [0, 0.1) is 0 Å². The molecule has 0 aliphatic carbocycles. The lowest BCUT2D eigenvalue weighted by atomic mass is 10.2. The number of hydrogen-bond donors (Lipinski definition) is 2. The number of carboxylic acid groups (broad SMARTS) is 1. The van der Waals surface area contributed by atoms with E-state index < -0.39 is 12.0 Å². The Hall–Kier alpha value is -1.95. The Balaban J connectivity index is 2.15. The molecule has 0 spiro atoms. The Bertz CT molecular complexity index is 767. The molecular weight excluding hydrogens is 377 g/mol. The third-order valence-corrected chi connectivity index (χ3v) is 4.14. The summed E-state index contributed by atoms with van der Waals surface area (Å²) in [6, 6.07) is 10.2. The van der Waals surface area contributed by atoms with Crippen molar-refractivity contribution in [2.75, 3.05) is 6.61 Å². The second-order valence-electron chi connectivity index (χ2n) is 5.70. The van der Waals surface area contributed by atoms with Crippen LogP contribution in [0.5, 0.6) is 11.5 Å². The van der Waals surface area contributed by atoms with Crippen molar-refractivity contribution in [3.05, 3.63) is 57.6 Å². The lowest BCUT2D eigenvalue weighted by Gasteiger charge is -2.16. The molecule has 0 aliphatic heterocycles. The molecule has 2 N–H and O–H groups in total. The molecule has 7 heteroatoms. The zero-order chi connectivity index (χ0) is 19.1. The molecule has 0 saturated carbocycles. The lowest BCUT2D eigenvalue weighted by molar-refractivity contribution is -0.139. The van der Waals surface area contributed by atoms with Crippen LogP contribution < -0.4 is 14.8 Å². The molecule has 26 heavy (non-hydrogen) atoms. The molecule has 140 valence electrons. The number of rotatable bonds is 9. The predicted molar refractivity (Wildman–Crippen MR) is 102 cm³/mol. The first kappa shape index (κ1) is 20.4. The third-order valence-electron chi connectivity index (χ3n) is 3.62. The molecule has 5 nitrogen and oxygen atoms in total. The number of nitrogens with one attached hydrogen (secondary N) is 1. The van der Waals surface area contributed by atoms with Crippen molar-refractivity contribution < 1.29 is 19.4 Å². The maximum Gasteiger partial charge on any atom is 0.320 e. The molecule has 0 aliphatic rings. The molecule has 0 amide bonds. The van der Waals surface area contributed by atoms with Crippen molar-refractivity contribution in [1.82, 2.24) is 5.32 Å². The van der Waals surface area contributed by atoms with E-state index >= 15 is 0 Å². The van der Waals surface area contributed by atoms with Crippen molar-refractivity contribution in [3.63, 3.8) is 0 Å². The first-order chi connectivity index (χ1) is 12.4. The molecule has 0 saturated heterocycles. The first-order valence-corrected chi connectivity index (χ1v) is 8.95. The molecule has 1 atom stereocenters. The second-order valence-corrected chi connectivity index (χ2v) is 6.54. The minimum Gasteiger partial charge on any atom is -0.490 e. The number of aliphatic carboxylic acids is 1. The number of carbonyl (C=O) groups is 1. The molecule has 2 aromatic rings. The van der Waals surface area contributed by atoms with Crippen molar-refractivity contribution in [2.24, 2.45) is 0 Å². The summed E-state index contributed by atoms with van der Waals surface area (Å²) in [5, 5.41) is 12.9. The maximum absolute atomic E-state index is 10.9. The Morgan fingerprint density at radius 1 is 1.19 bits per heavy atom. The van der Waals surface area contributed by atoms with Crippen LogP contribution in [0.2, 0.25) is 10.0 Å². The van der Waals surface area contributed by atoms with Gasteiger partial charge in [0.1, 0.15) is 12.6 Å². The van der Waals surface area contributed by atoms with Gasteiger partial charge in [-0.2, -0.15) is 0 Å². The fourth-order valence-corrected chi connectivity index (χ4v) is 2.77. The Labute approximate surface area is 162 Å². The highest BCUT2D eigenvalue weighted by Crippen LogP contribution is 2.37. The summed E-state index contributed by atoms with van der Waals surface area (Å²) in [5.41, 5.74) is 1.72. The van der Waals surface area contributed by atoms with E-state index in [1.807, 2.05) is 25.1 Å². The second kappa shape index (κ2) is 9.67. The van der Waals surface area contributed by atoms with Gasteiger partial charge in [-0.05, 0) is 49.2 Å². The van der Waals surface area contributed by atoms with Gasteiger partial charge in [-0.15, -0.1) is 0 Å². The third kappa shape index (κ3) is 5.80. The zero-order valence-corrected chi connectivity index (χ0v) is 16.1. The average molecular weight is 398 g/mol. The molecule has 2 aromatic carbocycles. The minimum absolute atomic E-state index is 0.300. The standard InChI is InChI=1S/C19H21Cl2NO4/c1-3-25-17-9-14(10-22-12(2)19(23)24)8-16(21)18(17)26-11-13-5-4-6-15(20)7-13/h4-9,12,22H,3,10-11H2,1-2H3,(H,23,24). The topological polar surface area (TPSA) is 67.8 Å². The van der Waals surface area contributed by atoms with Crippen molar-refractivity contribution in [1.29, 1.82) is 0 Å². The van der Waals surface area contributed by atoms with Crippen LogP contribution in [0.3, 0.4) is 0 Å². The fourth-order valence-electron chi connectivity index (χ4n) is 2.27. The van der Waals surface area contributed by atoms with E-state index in [-0.39, 0.29) is 0 Å². The highest BCUT2D eigenvalue weighted by molar-refractivity contribution is 6.32. The van der Waals surface area contributed by atoms with E-state index in [1.165, 1.54) is 0 Å². The molecule has 2 rings (SSSR count). The Morgan fingerprint density at radius 2 is 1.96 bits per heavy atom. The number of halogens is 2. The lowest BCUT2D eigenvalue weighted by Crippen LogP contribution is -2.33. The summed E-state index contributed by atoms with van der Waals surface area (Å²) in [6.07, 6.45) is 0. The molecular formula is C19H21Cl2NO4. The van der Waals surface area contributed by atoms with Gasteiger partial charge >= 0.3 is 5.97 Å². The number of hydrogen-bond acceptors (Lipinski definition) is 4. The fraction of sp³-hybridized carbons (Fsp3) is 0.316. The van der Waals surface area contributed by atoms with Gasteiger partial charge < -0.3 is 19.9 Å². The number of benzene rings is 2. The molecule has 1 unspecified atom stereocenters. The maximum atomic E-state index is 10.9. The van der Waals surface area contributed by atoms with Gasteiger partial charge in [0.25, 0.3) is 0 Å². The van der Waals surface area contributed by atoms with E-state index in [9.17, 15) is 4.79 Å². The summed E-state index contributed by atoms with van der Waals surface area (Å²) < 4.78 is 11.5. The number of ether oxygens (including phenoxy) is 2. The van der Waals surface area contributed by atoms with Crippen LogP contribution in [-0.4, -0.2) is 23.7 Å². The van der Waals surface area contributed by atoms with Gasteiger partial charge in [0.2, 0.25) is 0 Å². The SMILES string of the molecule is CCOc1cc(CNC(C)C(=O)O)cc(Cl)c1OCc1cccc(Cl)c1. The number of carboxylic acids is 1. The summed E-state index contributed by atoms with van der Waals surface area (Å²) >= 11 is 12.4. The highest BCUT2D eigenvalue weighted by atomic mass is 35.5. The van der Waals surface area contributed by atoms with Crippen molar-refractivity contribution >= 4 is 29.2 Å². The van der Waals surface area contributed by atoms with Crippen LogP contribution in [0.15, 0.2) is 36.4 Å². The summed E-state index contributed by atoms with van der Waals surface area (Å²) in [5.74, 6) is 0.0490. The first-order valence-electron chi connectivity index (χ1n) is 8.19. The van der Waals surface area contributed by atoms with Gasteiger partial charge in [0.15, 0.2) is 11.5 Å². The summed E-state index contributed by atoms with van der Waals surface area (Å²) in [7, 11) is 0.